The minimum Gasteiger partial charge on any atom is -0.500 e. The smallest absolute Gasteiger partial charge is 0.172 e. The van der Waals surface area contributed by atoms with Gasteiger partial charge >= 0.3 is 0 Å². The van der Waals surface area contributed by atoms with E-state index in [1.807, 2.05) is 29.3 Å². The summed E-state index contributed by atoms with van der Waals surface area (Å²) in [7, 11) is 2.05. The molecule has 0 fully saturated rings. The average Bonchev–Trinajstić information content (AvgIpc) is 3.04. The summed E-state index contributed by atoms with van der Waals surface area (Å²) in [6.45, 7) is 6.58. The van der Waals surface area contributed by atoms with Gasteiger partial charge in [0.15, 0.2) is 5.78 Å². The number of carbonyl (C=O) groups excluding carboxylic acids is 1. The van der Waals surface area contributed by atoms with Gasteiger partial charge in [-0.3, -0.25) is 9.80 Å². The van der Waals surface area contributed by atoms with E-state index in [0.29, 0.717) is 17.2 Å². The highest BCUT2D eigenvalue weighted by molar-refractivity contribution is 6.36. The first-order valence-corrected chi connectivity index (χ1v) is 9.48. The van der Waals surface area contributed by atoms with E-state index in [0.717, 1.165) is 36.6 Å². The molecule has 1 aromatic rings. The maximum absolute atomic E-state index is 13.0. The summed E-state index contributed by atoms with van der Waals surface area (Å²) < 4.78 is 5.19. The van der Waals surface area contributed by atoms with Crippen molar-refractivity contribution in [2.75, 3.05) is 33.3 Å². The molecule has 0 aromatic heterocycles. The van der Waals surface area contributed by atoms with Gasteiger partial charge in [0.25, 0.3) is 0 Å². The molecule has 0 spiro atoms. The normalized spacial score (nSPS) is 22.3. The molecule has 2 unspecified atom stereocenters. The Bertz CT molecular complexity index is 874. The number of ketones is 1. The maximum atomic E-state index is 13.0. The Morgan fingerprint density at radius 1 is 1.41 bits per heavy atom. The van der Waals surface area contributed by atoms with Crippen molar-refractivity contribution in [2.24, 2.45) is 16.9 Å². The fourth-order valence-corrected chi connectivity index (χ4v) is 4.21. The van der Waals surface area contributed by atoms with Crippen LogP contribution in [0.5, 0.6) is 0 Å². The summed E-state index contributed by atoms with van der Waals surface area (Å²) in [6, 6.07) is 5.61. The SMILES string of the molecule is C=COCCN(C)CCN1N=C2c3cccc(Cl)c3C(=O)C3C=CC=C1C23. The van der Waals surface area contributed by atoms with E-state index >= 15 is 0 Å². The highest BCUT2D eigenvalue weighted by atomic mass is 35.5. The van der Waals surface area contributed by atoms with Crippen molar-refractivity contribution < 1.29 is 9.53 Å². The van der Waals surface area contributed by atoms with Gasteiger partial charge in [-0.15, -0.1) is 0 Å². The number of halogens is 1. The third kappa shape index (κ3) is 3.11. The summed E-state index contributed by atoms with van der Waals surface area (Å²) in [5.41, 5.74) is 3.51. The maximum Gasteiger partial charge on any atom is 0.172 e. The Hall–Kier alpha value is -2.37. The lowest BCUT2D eigenvalue weighted by Crippen LogP contribution is -2.37. The molecule has 0 bridgehead atoms. The number of rotatable bonds is 7. The molecule has 0 saturated carbocycles. The molecule has 1 aliphatic heterocycles. The van der Waals surface area contributed by atoms with E-state index in [4.69, 9.17) is 21.4 Å². The Balaban J connectivity index is 1.59. The molecule has 6 heteroatoms. The lowest BCUT2D eigenvalue weighted by Gasteiger charge is -2.31. The molecule has 1 heterocycles. The summed E-state index contributed by atoms with van der Waals surface area (Å²) in [4.78, 5) is 15.2. The molecule has 0 N–H and O–H groups in total. The van der Waals surface area contributed by atoms with Gasteiger partial charge in [-0.2, -0.15) is 5.10 Å². The van der Waals surface area contributed by atoms with Crippen molar-refractivity contribution >= 4 is 23.1 Å². The average molecular weight is 384 g/mol. The lowest BCUT2D eigenvalue weighted by molar-refractivity contribution is 0.0924. The number of likely N-dealkylation sites (N-methyl/N-ethyl adjacent to an activating group) is 1. The Morgan fingerprint density at radius 2 is 2.26 bits per heavy atom. The number of ether oxygens (including phenoxy) is 1. The summed E-state index contributed by atoms with van der Waals surface area (Å²) in [5.74, 6) is -0.148. The highest BCUT2D eigenvalue weighted by Crippen LogP contribution is 2.44. The number of nitrogens with zero attached hydrogens (tertiary/aromatic N) is 3. The van der Waals surface area contributed by atoms with Gasteiger partial charge in [0, 0.05) is 29.9 Å². The molecular weight excluding hydrogens is 362 g/mol. The van der Waals surface area contributed by atoms with Crippen LogP contribution in [0.1, 0.15) is 15.9 Å². The number of Topliss-reactive ketones (excluding diaryl/α,β-unsaturated/α-hetero) is 1. The number of benzene rings is 1. The van der Waals surface area contributed by atoms with Crippen LogP contribution in [0.3, 0.4) is 0 Å². The quantitative estimate of drug-likeness (QED) is 0.535. The predicted octanol–water partition coefficient (Wildman–Crippen LogP) is 3.33. The number of hydrogen-bond acceptors (Lipinski definition) is 5. The fourth-order valence-electron chi connectivity index (χ4n) is 3.94. The summed E-state index contributed by atoms with van der Waals surface area (Å²) in [6.07, 6.45) is 7.47. The topological polar surface area (TPSA) is 45.1 Å². The van der Waals surface area contributed by atoms with Gasteiger partial charge < -0.3 is 9.64 Å². The van der Waals surface area contributed by atoms with Crippen molar-refractivity contribution in [3.05, 3.63) is 71.1 Å². The summed E-state index contributed by atoms with van der Waals surface area (Å²) in [5, 5.41) is 7.43. The molecule has 1 aromatic carbocycles. The Kier molecular flexibility index (Phi) is 4.89. The van der Waals surface area contributed by atoms with E-state index in [2.05, 4.69) is 24.6 Å². The van der Waals surface area contributed by atoms with Crippen molar-refractivity contribution in [1.29, 1.82) is 0 Å². The van der Waals surface area contributed by atoms with Crippen LogP contribution in [-0.4, -0.2) is 54.7 Å². The lowest BCUT2D eigenvalue weighted by atomic mass is 9.71. The zero-order valence-corrected chi connectivity index (χ0v) is 16.0. The van der Waals surface area contributed by atoms with Crippen LogP contribution in [0.25, 0.3) is 0 Å². The first-order chi connectivity index (χ1) is 13.1. The van der Waals surface area contributed by atoms with Crippen LogP contribution in [0.4, 0.5) is 0 Å². The second kappa shape index (κ2) is 7.33. The number of allylic oxidation sites excluding steroid dienone is 4. The van der Waals surface area contributed by atoms with Crippen molar-refractivity contribution in [3.8, 4) is 0 Å². The number of hydrazone groups is 1. The molecule has 4 rings (SSSR count). The van der Waals surface area contributed by atoms with Crippen molar-refractivity contribution in [1.82, 2.24) is 9.91 Å². The summed E-state index contributed by atoms with van der Waals surface area (Å²) >= 11 is 6.35. The zero-order chi connectivity index (χ0) is 19.0. The van der Waals surface area contributed by atoms with Crippen molar-refractivity contribution in [3.63, 3.8) is 0 Å². The van der Waals surface area contributed by atoms with Gasteiger partial charge in [-0.05, 0) is 19.2 Å². The van der Waals surface area contributed by atoms with E-state index in [9.17, 15) is 4.79 Å². The fraction of sp³-hybridized carbons (Fsp3) is 0.333. The molecule has 3 aliphatic rings. The third-order valence-corrected chi connectivity index (χ3v) is 5.64. The molecule has 0 saturated heterocycles. The molecule has 140 valence electrons. The Morgan fingerprint density at radius 3 is 3.07 bits per heavy atom. The first kappa shape index (κ1) is 18.0. The largest absolute Gasteiger partial charge is 0.500 e. The number of carbonyl (C=O) groups is 1. The molecule has 5 nitrogen and oxygen atoms in total. The van der Waals surface area contributed by atoms with E-state index < -0.39 is 0 Å². The monoisotopic (exact) mass is 383 g/mol. The van der Waals surface area contributed by atoms with Crippen LogP contribution in [0.15, 0.2) is 60.1 Å². The van der Waals surface area contributed by atoms with Crippen LogP contribution < -0.4 is 0 Å². The zero-order valence-electron chi connectivity index (χ0n) is 15.3. The van der Waals surface area contributed by atoms with Gasteiger partial charge in [0.1, 0.15) is 0 Å². The second-order valence-corrected chi connectivity index (χ2v) is 7.36. The van der Waals surface area contributed by atoms with Crippen LogP contribution >= 0.6 is 11.6 Å². The molecule has 2 atom stereocenters. The van der Waals surface area contributed by atoms with E-state index in [-0.39, 0.29) is 17.6 Å². The highest BCUT2D eigenvalue weighted by Gasteiger charge is 2.47. The van der Waals surface area contributed by atoms with E-state index in [1.165, 1.54) is 6.26 Å². The van der Waals surface area contributed by atoms with Gasteiger partial charge in [0.05, 0.1) is 42.0 Å². The molecule has 0 amide bonds. The molecule has 27 heavy (non-hydrogen) atoms. The van der Waals surface area contributed by atoms with Gasteiger partial charge in [-0.1, -0.05) is 42.5 Å². The second-order valence-electron chi connectivity index (χ2n) is 6.96. The van der Waals surface area contributed by atoms with Crippen molar-refractivity contribution in [2.45, 2.75) is 0 Å². The molecule has 0 radical (unpaired) electrons. The minimum atomic E-state index is -0.222. The molecule has 2 aliphatic carbocycles. The molecular formula is C21H22ClN3O2. The van der Waals surface area contributed by atoms with E-state index in [1.54, 1.807) is 6.07 Å². The number of fused-ring (bicyclic) bond motifs is 2. The minimum absolute atomic E-state index is 0.0112. The standard InChI is InChI=1S/C21H22ClN3O2/c1-3-27-13-12-24(2)10-11-25-17-9-5-7-15-19(17)20(23-25)14-6-4-8-16(22)18(14)21(15)26/h3-9,15,19H,1,10-13H2,2H3. The third-order valence-electron chi connectivity index (χ3n) is 5.33. The predicted molar refractivity (Wildman–Crippen MR) is 107 cm³/mol. The van der Waals surface area contributed by atoms with Gasteiger partial charge in [0.2, 0.25) is 0 Å². The van der Waals surface area contributed by atoms with Crippen LogP contribution in [-0.2, 0) is 4.74 Å². The van der Waals surface area contributed by atoms with Gasteiger partial charge in [-0.25, -0.2) is 0 Å². The number of hydrogen-bond donors (Lipinski definition) is 0. The van der Waals surface area contributed by atoms with Crippen LogP contribution in [0.2, 0.25) is 5.02 Å². The van der Waals surface area contributed by atoms with Crippen LogP contribution in [0, 0.1) is 11.8 Å². The first-order valence-electron chi connectivity index (χ1n) is 9.10. The Labute approximate surface area is 164 Å².